The van der Waals surface area contributed by atoms with Gasteiger partial charge in [0.15, 0.2) is 9.84 Å². The summed E-state index contributed by atoms with van der Waals surface area (Å²) >= 11 is 0. The Morgan fingerprint density at radius 1 is 1.25 bits per heavy atom. The fraction of sp³-hybridized carbons (Fsp3) is 0.923. The Hall–Kier alpha value is -0.330. The number of hydrogen-bond acceptors (Lipinski definition) is 4. The summed E-state index contributed by atoms with van der Waals surface area (Å²) in [7, 11) is -3.41. The molecule has 0 saturated heterocycles. The van der Waals surface area contributed by atoms with Crippen molar-refractivity contribution in [2.24, 2.45) is 11.7 Å². The molecule has 0 spiro atoms. The van der Waals surface area contributed by atoms with Crippen molar-refractivity contribution in [2.45, 2.75) is 56.5 Å². The Morgan fingerprint density at radius 3 is 2.25 bits per heavy atom. The Kier molecular flexibility index (Phi) is 8.70. The normalized spacial score (nSPS) is 18.4. The number of carbonyl (C=O) groups excluding carboxylic acids is 1. The van der Waals surface area contributed by atoms with E-state index in [-0.39, 0.29) is 23.6 Å². The Bertz CT molecular complexity index is 392. The van der Waals surface area contributed by atoms with Gasteiger partial charge in [-0.25, -0.2) is 8.42 Å². The minimum atomic E-state index is -3.41. The van der Waals surface area contributed by atoms with Crippen molar-refractivity contribution in [1.82, 2.24) is 5.32 Å². The highest BCUT2D eigenvalue weighted by atomic mass is 35.5. The largest absolute Gasteiger partial charge is 0.354 e. The van der Waals surface area contributed by atoms with Gasteiger partial charge in [0.1, 0.15) is 5.25 Å². The molecule has 7 heteroatoms. The van der Waals surface area contributed by atoms with Gasteiger partial charge >= 0.3 is 0 Å². The molecule has 5 nitrogen and oxygen atoms in total. The Labute approximate surface area is 128 Å². The van der Waals surface area contributed by atoms with Gasteiger partial charge in [0.2, 0.25) is 5.91 Å². The van der Waals surface area contributed by atoms with Crippen LogP contribution in [0.15, 0.2) is 0 Å². The average Bonchev–Trinajstić information content (AvgIpc) is 2.36. The van der Waals surface area contributed by atoms with Crippen LogP contribution in [-0.2, 0) is 14.6 Å². The molecular formula is C13H27ClN2O3S. The molecule has 0 radical (unpaired) electrons. The molecule has 0 heterocycles. The van der Waals surface area contributed by atoms with E-state index in [0.717, 1.165) is 19.3 Å². The van der Waals surface area contributed by atoms with Crippen LogP contribution >= 0.6 is 12.4 Å². The summed E-state index contributed by atoms with van der Waals surface area (Å²) in [4.78, 5) is 12.1. The third kappa shape index (κ3) is 4.90. The first-order chi connectivity index (χ1) is 8.91. The molecule has 1 aliphatic rings. The molecule has 0 aromatic rings. The summed E-state index contributed by atoms with van der Waals surface area (Å²) in [5.41, 5.74) is 5.34. The highest BCUT2D eigenvalue weighted by molar-refractivity contribution is 7.93. The standard InChI is InChI=1S/C13H26N2O3S.ClH/c1-10(2)12(13(16)15-9-8-14)19(17,18)11-6-4-3-5-7-11;/h10-12H,3-9,14H2,1-2H3,(H,15,16);1H. The smallest absolute Gasteiger partial charge is 0.238 e. The first kappa shape index (κ1) is 19.7. The van der Waals surface area contributed by atoms with Crippen molar-refractivity contribution >= 4 is 28.2 Å². The summed E-state index contributed by atoms with van der Waals surface area (Å²) in [5.74, 6) is -0.615. The second kappa shape index (κ2) is 8.85. The van der Waals surface area contributed by atoms with Crippen LogP contribution in [0.4, 0.5) is 0 Å². The Morgan fingerprint density at radius 2 is 1.80 bits per heavy atom. The van der Waals surface area contributed by atoms with Crippen LogP contribution < -0.4 is 11.1 Å². The quantitative estimate of drug-likeness (QED) is 0.769. The van der Waals surface area contributed by atoms with Crippen LogP contribution in [0.2, 0.25) is 0 Å². The third-order valence-corrected chi connectivity index (χ3v) is 6.55. The van der Waals surface area contributed by atoms with Gasteiger partial charge in [-0.1, -0.05) is 33.1 Å². The second-order valence-corrected chi connectivity index (χ2v) is 7.95. The van der Waals surface area contributed by atoms with Crippen molar-refractivity contribution in [2.75, 3.05) is 13.1 Å². The first-order valence-corrected chi connectivity index (χ1v) is 8.72. The minimum absolute atomic E-state index is 0. The predicted molar refractivity (Wildman–Crippen MR) is 83.7 cm³/mol. The highest BCUT2D eigenvalue weighted by Gasteiger charge is 2.40. The lowest BCUT2D eigenvalue weighted by atomic mass is 10.0. The summed E-state index contributed by atoms with van der Waals surface area (Å²) in [6, 6.07) is 0. The molecule has 20 heavy (non-hydrogen) atoms. The lowest BCUT2D eigenvalue weighted by Crippen LogP contribution is -2.48. The summed E-state index contributed by atoms with van der Waals surface area (Å²) in [5, 5.41) is 1.32. The molecule has 1 atom stereocenters. The number of nitrogens with one attached hydrogen (secondary N) is 1. The molecule has 1 amide bonds. The molecular weight excluding hydrogens is 300 g/mol. The average molecular weight is 327 g/mol. The molecule has 0 aromatic heterocycles. The van der Waals surface area contributed by atoms with Gasteiger partial charge < -0.3 is 11.1 Å². The van der Waals surface area contributed by atoms with Gasteiger partial charge in [0, 0.05) is 13.1 Å². The lowest BCUT2D eigenvalue weighted by molar-refractivity contribution is -0.121. The maximum atomic E-state index is 12.6. The van der Waals surface area contributed by atoms with Gasteiger partial charge in [-0.15, -0.1) is 12.4 Å². The zero-order valence-corrected chi connectivity index (χ0v) is 13.9. The third-order valence-electron chi connectivity index (χ3n) is 3.68. The van der Waals surface area contributed by atoms with E-state index in [9.17, 15) is 13.2 Å². The van der Waals surface area contributed by atoms with Gasteiger partial charge in [-0.3, -0.25) is 4.79 Å². The van der Waals surface area contributed by atoms with Crippen LogP contribution in [0.3, 0.4) is 0 Å². The number of halogens is 1. The molecule has 120 valence electrons. The van der Waals surface area contributed by atoms with Gasteiger partial charge in [-0.05, 0) is 18.8 Å². The first-order valence-electron chi connectivity index (χ1n) is 7.11. The van der Waals surface area contributed by atoms with Crippen LogP contribution in [0.5, 0.6) is 0 Å². The van der Waals surface area contributed by atoms with E-state index in [1.807, 2.05) is 0 Å². The van der Waals surface area contributed by atoms with Gasteiger partial charge in [0.05, 0.1) is 5.25 Å². The Balaban J connectivity index is 0.00000361. The molecule has 3 N–H and O–H groups in total. The number of hydrogen-bond donors (Lipinski definition) is 2. The van der Waals surface area contributed by atoms with E-state index >= 15 is 0 Å². The lowest BCUT2D eigenvalue weighted by Gasteiger charge is -2.28. The summed E-state index contributed by atoms with van der Waals surface area (Å²) in [6.45, 7) is 4.21. The zero-order valence-electron chi connectivity index (χ0n) is 12.3. The molecule has 0 bridgehead atoms. The van der Waals surface area contributed by atoms with E-state index < -0.39 is 21.0 Å². The zero-order chi connectivity index (χ0) is 14.5. The van der Waals surface area contributed by atoms with Crippen LogP contribution in [0.1, 0.15) is 46.0 Å². The van der Waals surface area contributed by atoms with Crippen molar-refractivity contribution < 1.29 is 13.2 Å². The van der Waals surface area contributed by atoms with Crippen molar-refractivity contribution in [1.29, 1.82) is 0 Å². The topological polar surface area (TPSA) is 89.3 Å². The van der Waals surface area contributed by atoms with E-state index in [1.165, 1.54) is 0 Å². The molecule has 1 unspecified atom stereocenters. The summed E-state index contributed by atoms with van der Waals surface area (Å²) in [6.07, 6.45) is 4.36. The molecule has 1 saturated carbocycles. The van der Waals surface area contributed by atoms with E-state index in [4.69, 9.17) is 5.73 Å². The summed E-state index contributed by atoms with van der Waals surface area (Å²) < 4.78 is 25.3. The van der Waals surface area contributed by atoms with Crippen LogP contribution in [-0.4, -0.2) is 37.9 Å². The maximum Gasteiger partial charge on any atom is 0.238 e. The van der Waals surface area contributed by atoms with Crippen molar-refractivity contribution in [3.8, 4) is 0 Å². The molecule has 1 rings (SSSR count). The predicted octanol–water partition coefficient (Wildman–Crippen LogP) is 1.26. The van der Waals surface area contributed by atoms with Crippen LogP contribution in [0.25, 0.3) is 0 Å². The van der Waals surface area contributed by atoms with Gasteiger partial charge in [-0.2, -0.15) is 0 Å². The fourth-order valence-electron chi connectivity index (χ4n) is 2.73. The number of amides is 1. The van der Waals surface area contributed by atoms with E-state index in [0.29, 0.717) is 25.9 Å². The molecule has 0 aliphatic heterocycles. The molecule has 1 fully saturated rings. The van der Waals surface area contributed by atoms with E-state index in [2.05, 4.69) is 5.32 Å². The fourth-order valence-corrected chi connectivity index (χ4v) is 5.27. The molecule has 1 aliphatic carbocycles. The maximum absolute atomic E-state index is 12.6. The minimum Gasteiger partial charge on any atom is -0.354 e. The highest BCUT2D eigenvalue weighted by Crippen LogP contribution is 2.28. The monoisotopic (exact) mass is 326 g/mol. The number of sulfone groups is 1. The number of carbonyl (C=O) groups is 1. The molecule has 0 aromatic carbocycles. The van der Waals surface area contributed by atoms with Crippen molar-refractivity contribution in [3.63, 3.8) is 0 Å². The van der Waals surface area contributed by atoms with Crippen LogP contribution in [0, 0.1) is 5.92 Å². The van der Waals surface area contributed by atoms with Gasteiger partial charge in [0.25, 0.3) is 0 Å². The number of nitrogens with two attached hydrogens (primary N) is 1. The SMILES string of the molecule is CC(C)C(C(=O)NCCN)S(=O)(=O)C1CCCCC1.Cl. The van der Waals surface area contributed by atoms with E-state index in [1.54, 1.807) is 13.8 Å². The van der Waals surface area contributed by atoms with Crippen molar-refractivity contribution in [3.05, 3.63) is 0 Å². The second-order valence-electron chi connectivity index (χ2n) is 5.59. The number of rotatable bonds is 6.